The maximum atomic E-state index is 12.4. The summed E-state index contributed by atoms with van der Waals surface area (Å²) >= 11 is 0. The number of nitrogens with two attached hydrogens (primary N) is 1. The van der Waals surface area contributed by atoms with Gasteiger partial charge >= 0.3 is 11.7 Å². The summed E-state index contributed by atoms with van der Waals surface area (Å²) in [7, 11) is 0. The normalized spacial score (nSPS) is 14.3. The van der Waals surface area contributed by atoms with Crippen LogP contribution in [0.4, 0.5) is 5.69 Å². The zero-order valence-electron chi connectivity index (χ0n) is 23.0. The van der Waals surface area contributed by atoms with E-state index in [1.54, 1.807) is 18.2 Å². The predicted molar refractivity (Wildman–Crippen MR) is 163 cm³/mol. The Morgan fingerprint density at radius 1 is 1.15 bits per heavy atom. The molecular weight excluding hydrogens is 626 g/mol. The monoisotopic (exact) mass is 653 g/mol. The average Bonchev–Trinajstić information content (AvgIpc) is 3.73. The van der Waals surface area contributed by atoms with Crippen molar-refractivity contribution in [3.63, 3.8) is 0 Å². The molecule has 7 rings (SSSR count). The van der Waals surface area contributed by atoms with Gasteiger partial charge in [-0.25, -0.2) is 14.6 Å². The van der Waals surface area contributed by atoms with Crippen LogP contribution in [0, 0.1) is 0 Å². The van der Waals surface area contributed by atoms with Crippen LogP contribution in [0.1, 0.15) is 57.6 Å². The third-order valence-corrected chi connectivity index (χ3v) is 6.92. The molecule has 1 aliphatic heterocycles. The van der Waals surface area contributed by atoms with Crippen LogP contribution in [0.25, 0.3) is 17.0 Å². The van der Waals surface area contributed by atoms with Gasteiger partial charge in [-0.05, 0) is 47.7 Å². The lowest BCUT2D eigenvalue weighted by molar-refractivity contribution is -0.118. The summed E-state index contributed by atoms with van der Waals surface area (Å²) in [6.07, 6.45) is 1.96. The van der Waals surface area contributed by atoms with Gasteiger partial charge in [0.2, 0.25) is 5.65 Å². The molecule has 0 bridgehead atoms. The second-order valence-electron chi connectivity index (χ2n) is 9.83. The summed E-state index contributed by atoms with van der Waals surface area (Å²) in [4.78, 5) is 52.5. The minimum atomic E-state index is -1.36. The Morgan fingerprint density at radius 3 is 2.70 bits per heavy atom. The summed E-state index contributed by atoms with van der Waals surface area (Å²) in [6.45, 7) is 0.0280. The number of carbonyl (C=O) groups excluding carboxylic acids is 2. The molecule has 0 saturated carbocycles. The highest BCUT2D eigenvalue weighted by Gasteiger charge is 2.22. The number of hydrogen-bond acceptors (Lipinski definition) is 12. The van der Waals surface area contributed by atoms with Gasteiger partial charge in [-0.1, -0.05) is 41.1 Å². The molecule has 0 spiro atoms. The molecular formula is C28H28ClN9O8. The molecule has 0 unspecified atom stereocenters. The highest BCUT2D eigenvalue weighted by molar-refractivity contribution is 5.97. The third-order valence-electron chi connectivity index (χ3n) is 6.92. The van der Waals surface area contributed by atoms with Gasteiger partial charge in [-0.3, -0.25) is 19.1 Å². The van der Waals surface area contributed by atoms with E-state index in [1.807, 2.05) is 18.2 Å². The van der Waals surface area contributed by atoms with Crippen molar-refractivity contribution in [1.29, 1.82) is 0 Å². The molecule has 3 aromatic heterocycles. The standard InChI is InChI=1S/C16H12N6O6.C11H11N3O2.CH4.ClH/c23-12-6-28-11-2-1-7(3-8(11)18-12)5-17-14(24)9-4-10(16(26)27)22-13(19-9)15(25)20-21-22;12-9-4-2-6-5-7(1-3-8(6)9)10-13-11(15)16-14-10;;/h1-4,25H,5-6H2,(H,17,24)(H,18,23)(H,26,27);1,3,5,9H,2,4,12H2,(H,13,14,15);1H4;1H/t;9-;;/m.0../s1. The number of carboxylic acid groups (broad SMARTS) is 1. The number of ether oxygens (including phenoxy) is 1. The maximum absolute atomic E-state index is 12.4. The number of halogens is 1. The molecule has 18 heteroatoms. The molecule has 2 aromatic carbocycles. The number of anilines is 1. The number of carbonyl (C=O) groups is 3. The Bertz CT molecular complexity index is 2000. The summed E-state index contributed by atoms with van der Waals surface area (Å²) in [5.74, 6) is -2.44. The zero-order chi connectivity index (χ0) is 31.0. The Kier molecular flexibility index (Phi) is 9.68. The number of aryl methyl sites for hydroxylation is 1. The van der Waals surface area contributed by atoms with E-state index < -0.39 is 23.5 Å². The quantitative estimate of drug-likeness (QED) is 0.158. The number of nitrogens with zero attached hydrogens (tertiary/aromatic N) is 5. The Labute approximate surface area is 265 Å². The number of rotatable bonds is 5. The summed E-state index contributed by atoms with van der Waals surface area (Å²) in [5.41, 5.74) is 9.54. The maximum Gasteiger partial charge on any atom is 0.439 e. The van der Waals surface area contributed by atoms with Crippen molar-refractivity contribution >= 4 is 41.5 Å². The minimum Gasteiger partial charge on any atom is -0.489 e. The molecule has 7 N–H and O–H groups in total. The highest BCUT2D eigenvalue weighted by Crippen LogP contribution is 2.32. The van der Waals surface area contributed by atoms with Gasteiger partial charge in [0.25, 0.3) is 17.7 Å². The number of benzene rings is 2. The molecule has 5 aromatic rings. The molecule has 4 heterocycles. The fourth-order valence-corrected chi connectivity index (χ4v) is 4.80. The Morgan fingerprint density at radius 2 is 1.96 bits per heavy atom. The Hall–Kier alpha value is -5.81. The van der Waals surface area contributed by atoms with Gasteiger partial charge in [-0.2, -0.15) is 4.52 Å². The number of aromatic amines is 1. The first-order chi connectivity index (χ1) is 21.2. The molecule has 1 atom stereocenters. The molecule has 2 amide bonds. The topological polar surface area (TPSA) is 253 Å². The van der Waals surface area contributed by atoms with Crippen LogP contribution in [0.2, 0.25) is 0 Å². The first kappa shape index (κ1) is 33.1. The lowest BCUT2D eigenvalue weighted by Gasteiger charge is -2.18. The molecule has 0 saturated heterocycles. The van der Waals surface area contributed by atoms with E-state index in [0.29, 0.717) is 22.8 Å². The number of fused-ring (bicyclic) bond motifs is 3. The smallest absolute Gasteiger partial charge is 0.439 e. The zero-order valence-corrected chi connectivity index (χ0v) is 23.8. The number of carboxylic acids is 1. The van der Waals surface area contributed by atoms with Gasteiger partial charge in [0, 0.05) is 24.2 Å². The molecule has 1 aliphatic carbocycles. The van der Waals surface area contributed by atoms with Gasteiger partial charge in [0.15, 0.2) is 18.1 Å². The number of aromatic hydroxyl groups is 1. The second-order valence-corrected chi connectivity index (χ2v) is 9.83. The average molecular weight is 654 g/mol. The number of hydrogen-bond donors (Lipinski definition) is 6. The lowest BCUT2D eigenvalue weighted by atomic mass is 10.0. The molecule has 240 valence electrons. The van der Waals surface area contributed by atoms with Gasteiger partial charge in [0.1, 0.15) is 11.4 Å². The molecule has 46 heavy (non-hydrogen) atoms. The van der Waals surface area contributed by atoms with Crippen LogP contribution in [-0.4, -0.2) is 64.6 Å². The number of nitrogens with one attached hydrogen (secondary N) is 3. The number of amides is 2. The van der Waals surface area contributed by atoms with Crippen molar-refractivity contribution in [3.8, 4) is 23.0 Å². The van der Waals surface area contributed by atoms with Crippen molar-refractivity contribution in [2.75, 3.05) is 11.9 Å². The van der Waals surface area contributed by atoms with Gasteiger partial charge in [-0.15, -0.1) is 12.4 Å². The van der Waals surface area contributed by atoms with Gasteiger partial charge in [0.05, 0.1) is 5.69 Å². The largest absolute Gasteiger partial charge is 0.489 e. The van der Waals surface area contributed by atoms with Crippen LogP contribution in [-0.2, 0) is 17.8 Å². The van der Waals surface area contributed by atoms with Crippen molar-refractivity contribution in [1.82, 2.24) is 35.3 Å². The van der Waals surface area contributed by atoms with Gasteiger partial charge < -0.3 is 31.3 Å². The van der Waals surface area contributed by atoms with Crippen molar-refractivity contribution in [2.24, 2.45) is 5.73 Å². The number of aromatic nitrogens is 6. The van der Waals surface area contributed by atoms with E-state index in [2.05, 4.69) is 40.6 Å². The van der Waals surface area contributed by atoms with E-state index in [1.165, 1.54) is 11.1 Å². The second kappa shape index (κ2) is 13.4. The van der Waals surface area contributed by atoms with Crippen molar-refractivity contribution in [2.45, 2.75) is 32.9 Å². The van der Waals surface area contributed by atoms with Crippen molar-refractivity contribution < 1.29 is 33.9 Å². The van der Waals surface area contributed by atoms with Crippen LogP contribution < -0.4 is 26.9 Å². The SMILES string of the molecule is C.Cl.N[C@H]1CCc2cc(-c3noc(=O)[nH]3)ccc21.O=C1COc2ccc(CNC(=O)c3cc(C(=O)O)n4nnc(O)c4n3)cc2N1. The first-order valence-electron chi connectivity index (χ1n) is 13.1. The highest BCUT2D eigenvalue weighted by atomic mass is 35.5. The van der Waals surface area contributed by atoms with Crippen LogP contribution in [0.15, 0.2) is 51.8 Å². The van der Waals surface area contributed by atoms with E-state index >= 15 is 0 Å². The molecule has 0 radical (unpaired) electrons. The summed E-state index contributed by atoms with van der Waals surface area (Å²) < 4.78 is 10.6. The summed E-state index contributed by atoms with van der Waals surface area (Å²) in [5, 5.41) is 34.6. The van der Waals surface area contributed by atoms with E-state index in [4.69, 9.17) is 10.5 Å². The molecule has 2 aliphatic rings. The fraction of sp³-hybridized carbons (Fsp3) is 0.214. The Balaban J connectivity index is 0.000000228. The first-order valence-corrected chi connectivity index (χ1v) is 13.1. The van der Waals surface area contributed by atoms with Crippen molar-refractivity contribution in [3.05, 3.63) is 81.1 Å². The lowest BCUT2D eigenvalue weighted by Crippen LogP contribution is -2.27. The fourth-order valence-electron chi connectivity index (χ4n) is 4.80. The van der Waals surface area contributed by atoms with E-state index in [0.717, 1.165) is 29.0 Å². The number of aromatic carboxylic acids is 1. The van der Waals surface area contributed by atoms with Crippen LogP contribution >= 0.6 is 12.4 Å². The van der Waals surface area contributed by atoms with Crippen LogP contribution in [0.5, 0.6) is 11.6 Å². The molecule has 0 fully saturated rings. The van der Waals surface area contributed by atoms with E-state index in [9.17, 15) is 29.4 Å². The van der Waals surface area contributed by atoms with E-state index in [-0.39, 0.29) is 62.0 Å². The number of H-pyrrole nitrogens is 1. The molecule has 17 nitrogen and oxygen atoms in total. The predicted octanol–water partition coefficient (Wildman–Crippen LogP) is 1.82. The third kappa shape index (κ3) is 6.64. The van der Waals surface area contributed by atoms with Crippen LogP contribution in [0.3, 0.4) is 0 Å². The minimum absolute atomic E-state index is 0. The summed E-state index contributed by atoms with van der Waals surface area (Å²) in [6, 6.07) is 12.1.